The molecule has 96 valence electrons. The Labute approximate surface area is 99.8 Å². The van der Waals surface area contributed by atoms with Gasteiger partial charge in [-0.05, 0) is 31.7 Å². The summed E-state index contributed by atoms with van der Waals surface area (Å²) in [6.45, 7) is 8.81. The zero-order valence-corrected chi connectivity index (χ0v) is 11.0. The first-order chi connectivity index (χ1) is 7.63. The van der Waals surface area contributed by atoms with Gasteiger partial charge in [0.05, 0.1) is 6.61 Å². The molecule has 0 aromatic carbocycles. The molecule has 0 spiro atoms. The van der Waals surface area contributed by atoms with E-state index in [0.717, 1.165) is 26.1 Å². The molecule has 0 amide bonds. The Morgan fingerprint density at radius 1 is 1.50 bits per heavy atom. The summed E-state index contributed by atoms with van der Waals surface area (Å²) in [6, 6.07) is 0. The number of methoxy groups -OCH3 is 1. The Hall–Kier alpha value is -0.120. The highest BCUT2D eigenvalue weighted by atomic mass is 16.5. The molecule has 1 aliphatic rings. The van der Waals surface area contributed by atoms with Gasteiger partial charge < -0.3 is 14.7 Å². The third-order valence-corrected chi connectivity index (χ3v) is 3.85. The lowest BCUT2D eigenvalue weighted by atomic mass is 9.86. The Morgan fingerprint density at radius 3 is 2.81 bits per heavy atom. The first kappa shape index (κ1) is 13.9. The lowest BCUT2D eigenvalue weighted by molar-refractivity contribution is 0.0424. The number of aliphatic hydroxyl groups excluding tert-OH is 1. The fourth-order valence-electron chi connectivity index (χ4n) is 2.48. The maximum Gasteiger partial charge on any atom is 0.0502 e. The summed E-state index contributed by atoms with van der Waals surface area (Å²) in [5, 5.41) is 9.43. The molecule has 0 aromatic rings. The average Bonchev–Trinajstić information content (AvgIpc) is 2.30. The van der Waals surface area contributed by atoms with Gasteiger partial charge in [0.1, 0.15) is 0 Å². The van der Waals surface area contributed by atoms with Gasteiger partial charge in [-0.3, -0.25) is 0 Å². The maximum atomic E-state index is 9.43. The van der Waals surface area contributed by atoms with Crippen molar-refractivity contribution in [2.24, 2.45) is 11.3 Å². The summed E-state index contributed by atoms with van der Waals surface area (Å²) >= 11 is 0. The average molecular weight is 229 g/mol. The van der Waals surface area contributed by atoms with E-state index in [4.69, 9.17) is 4.74 Å². The Kier molecular flexibility index (Phi) is 5.73. The fraction of sp³-hybridized carbons (Fsp3) is 1.00. The number of rotatable bonds is 6. The molecule has 0 aliphatic carbocycles. The van der Waals surface area contributed by atoms with E-state index in [1.807, 2.05) is 0 Å². The second-order valence-corrected chi connectivity index (χ2v) is 5.52. The molecular weight excluding hydrogens is 202 g/mol. The van der Waals surface area contributed by atoms with E-state index in [1.165, 1.54) is 19.4 Å². The number of nitrogens with zero attached hydrogens (tertiary/aromatic N) is 1. The molecule has 1 aliphatic heterocycles. The van der Waals surface area contributed by atoms with Gasteiger partial charge in [-0.25, -0.2) is 0 Å². The molecule has 0 radical (unpaired) electrons. The molecule has 3 heteroatoms. The number of aliphatic hydroxyl groups is 1. The van der Waals surface area contributed by atoms with Crippen molar-refractivity contribution in [3.8, 4) is 0 Å². The molecule has 0 bridgehead atoms. The van der Waals surface area contributed by atoms with E-state index in [0.29, 0.717) is 5.92 Å². The number of piperidine rings is 1. The predicted molar refractivity (Wildman–Crippen MR) is 66.5 cm³/mol. The Bertz CT molecular complexity index is 190. The second kappa shape index (κ2) is 6.58. The van der Waals surface area contributed by atoms with Gasteiger partial charge in [0.15, 0.2) is 0 Å². The second-order valence-electron chi connectivity index (χ2n) is 5.52. The molecule has 2 unspecified atom stereocenters. The van der Waals surface area contributed by atoms with E-state index >= 15 is 0 Å². The van der Waals surface area contributed by atoms with Crippen LogP contribution in [0.1, 0.15) is 33.1 Å². The van der Waals surface area contributed by atoms with Crippen LogP contribution in [-0.4, -0.2) is 50.0 Å². The van der Waals surface area contributed by atoms with Crippen molar-refractivity contribution >= 4 is 0 Å². The number of hydrogen-bond donors (Lipinski definition) is 1. The van der Waals surface area contributed by atoms with Crippen LogP contribution in [0.3, 0.4) is 0 Å². The zero-order chi connectivity index (χ0) is 12.0. The lowest BCUT2D eigenvalue weighted by Crippen LogP contribution is -2.44. The van der Waals surface area contributed by atoms with Crippen molar-refractivity contribution in [1.29, 1.82) is 0 Å². The van der Waals surface area contributed by atoms with Gasteiger partial charge in [-0.1, -0.05) is 13.8 Å². The van der Waals surface area contributed by atoms with Crippen LogP contribution in [-0.2, 0) is 4.74 Å². The summed E-state index contributed by atoms with van der Waals surface area (Å²) < 4.78 is 5.24. The maximum absolute atomic E-state index is 9.43. The molecule has 1 heterocycles. The van der Waals surface area contributed by atoms with Crippen LogP contribution >= 0.6 is 0 Å². The first-order valence-corrected chi connectivity index (χ1v) is 6.45. The van der Waals surface area contributed by atoms with Crippen LogP contribution < -0.4 is 0 Å². The van der Waals surface area contributed by atoms with Crippen molar-refractivity contribution in [1.82, 2.24) is 4.90 Å². The van der Waals surface area contributed by atoms with Gasteiger partial charge in [0.2, 0.25) is 0 Å². The Morgan fingerprint density at radius 2 is 2.25 bits per heavy atom. The first-order valence-electron chi connectivity index (χ1n) is 6.45. The third-order valence-electron chi connectivity index (χ3n) is 3.85. The van der Waals surface area contributed by atoms with E-state index in [2.05, 4.69) is 18.7 Å². The highest BCUT2D eigenvalue weighted by molar-refractivity contribution is 4.80. The van der Waals surface area contributed by atoms with E-state index in [1.54, 1.807) is 7.11 Å². The normalized spacial score (nSPS) is 26.6. The van der Waals surface area contributed by atoms with Crippen molar-refractivity contribution < 1.29 is 9.84 Å². The highest BCUT2D eigenvalue weighted by Crippen LogP contribution is 2.25. The van der Waals surface area contributed by atoms with Crippen LogP contribution in [0.5, 0.6) is 0 Å². The molecule has 2 atom stereocenters. The molecule has 1 saturated heterocycles. The van der Waals surface area contributed by atoms with Crippen LogP contribution in [0.15, 0.2) is 0 Å². The largest absolute Gasteiger partial charge is 0.396 e. The van der Waals surface area contributed by atoms with Gasteiger partial charge in [0, 0.05) is 32.2 Å². The monoisotopic (exact) mass is 229 g/mol. The Balaban J connectivity index is 2.41. The molecule has 0 saturated carbocycles. The minimum atomic E-state index is 0.0644. The topological polar surface area (TPSA) is 32.7 Å². The molecular formula is C13H27NO2. The minimum Gasteiger partial charge on any atom is -0.396 e. The molecule has 1 rings (SSSR count). The molecule has 1 fully saturated rings. The summed E-state index contributed by atoms with van der Waals surface area (Å²) in [5.74, 6) is 0.679. The quantitative estimate of drug-likeness (QED) is 0.753. The van der Waals surface area contributed by atoms with Crippen LogP contribution in [0.4, 0.5) is 0 Å². The molecule has 0 aromatic heterocycles. The van der Waals surface area contributed by atoms with Crippen LogP contribution in [0.25, 0.3) is 0 Å². The fourth-order valence-corrected chi connectivity index (χ4v) is 2.48. The van der Waals surface area contributed by atoms with Crippen molar-refractivity contribution in [2.75, 3.05) is 40.0 Å². The van der Waals surface area contributed by atoms with Crippen LogP contribution in [0, 0.1) is 11.3 Å². The molecule has 16 heavy (non-hydrogen) atoms. The van der Waals surface area contributed by atoms with E-state index in [-0.39, 0.29) is 12.0 Å². The number of hydrogen-bond acceptors (Lipinski definition) is 3. The summed E-state index contributed by atoms with van der Waals surface area (Å²) in [6.07, 6.45) is 3.58. The highest BCUT2D eigenvalue weighted by Gasteiger charge is 2.27. The van der Waals surface area contributed by atoms with Crippen molar-refractivity contribution in [3.05, 3.63) is 0 Å². The van der Waals surface area contributed by atoms with E-state index in [9.17, 15) is 5.11 Å². The van der Waals surface area contributed by atoms with Gasteiger partial charge >= 0.3 is 0 Å². The van der Waals surface area contributed by atoms with Gasteiger partial charge in [-0.2, -0.15) is 0 Å². The standard InChI is InChI=1S/C13H27NO2/c1-4-13(2,11-15)10-14-7-5-6-12(8-14)9-16-3/h12,15H,4-11H2,1-3H3. The SMILES string of the molecule is CCC(C)(CO)CN1CCCC(COC)C1. The van der Waals surface area contributed by atoms with Crippen molar-refractivity contribution in [2.45, 2.75) is 33.1 Å². The number of ether oxygens (including phenoxy) is 1. The summed E-state index contributed by atoms with van der Waals surface area (Å²) in [5.41, 5.74) is 0.0644. The van der Waals surface area contributed by atoms with Crippen LogP contribution in [0.2, 0.25) is 0 Å². The number of likely N-dealkylation sites (tertiary alicyclic amines) is 1. The summed E-state index contributed by atoms with van der Waals surface area (Å²) in [7, 11) is 1.78. The predicted octanol–water partition coefficient (Wildman–Crippen LogP) is 1.75. The van der Waals surface area contributed by atoms with Crippen molar-refractivity contribution in [3.63, 3.8) is 0 Å². The molecule has 1 N–H and O–H groups in total. The molecule has 3 nitrogen and oxygen atoms in total. The summed E-state index contributed by atoms with van der Waals surface area (Å²) in [4.78, 5) is 2.49. The van der Waals surface area contributed by atoms with Gasteiger partial charge in [0.25, 0.3) is 0 Å². The van der Waals surface area contributed by atoms with E-state index < -0.39 is 0 Å². The third kappa shape index (κ3) is 4.04. The zero-order valence-electron chi connectivity index (χ0n) is 11.0. The lowest BCUT2D eigenvalue weighted by Gasteiger charge is -2.38. The minimum absolute atomic E-state index is 0.0644. The van der Waals surface area contributed by atoms with Gasteiger partial charge in [-0.15, -0.1) is 0 Å². The smallest absolute Gasteiger partial charge is 0.0502 e.